The van der Waals surface area contributed by atoms with Gasteiger partial charge in [-0.3, -0.25) is 9.89 Å². The van der Waals surface area contributed by atoms with E-state index in [0.717, 1.165) is 18.2 Å². The predicted molar refractivity (Wildman–Crippen MR) is 48.4 cm³/mol. The van der Waals surface area contributed by atoms with Gasteiger partial charge in [0.1, 0.15) is 17.3 Å². The number of hydrogen-bond donors (Lipinski definition) is 1. The van der Waals surface area contributed by atoms with E-state index in [1.54, 1.807) is 0 Å². The molecule has 0 aliphatic rings. The average molecular weight is 208 g/mol. The van der Waals surface area contributed by atoms with Gasteiger partial charge in [-0.25, -0.2) is 8.78 Å². The van der Waals surface area contributed by atoms with E-state index in [0.29, 0.717) is 0 Å². The summed E-state index contributed by atoms with van der Waals surface area (Å²) in [5.41, 5.74) is -0.182. The van der Waals surface area contributed by atoms with Crippen LogP contribution in [-0.4, -0.2) is 16.0 Å². The van der Waals surface area contributed by atoms with Crippen LogP contribution in [0.15, 0.2) is 30.5 Å². The van der Waals surface area contributed by atoms with E-state index >= 15 is 0 Å². The van der Waals surface area contributed by atoms with E-state index in [1.807, 2.05) is 0 Å². The highest BCUT2D eigenvalue weighted by Crippen LogP contribution is 2.13. The van der Waals surface area contributed by atoms with Crippen LogP contribution in [0.25, 0.3) is 0 Å². The summed E-state index contributed by atoms with van der Waals surface area (Å²) in [6.07, 6.45) is 1.37. The van der Waals surface area contributed by atoms with Gasteiger partial charge in [-0.1, -0.05) is 0 Å². The van der Waals surface area contributed by atoms with Crippen molar-refractivity contribution in [1.82, 2.24) is 10.2 Å². The molecule has 2 rings (SSSR count). The maximum atomic E-state index is 13.2. The molecule has 0 fully saturated rings. The number of carbonyl (C=O) groups excluding carboxylic acids is 1. The molecule has 0 amide bonds. The molecule has 0 saturated carbocycles. The molecule has 15 heavy (non-hydrogen) atoms. The number of nitrogens with one attached hydrogen (secondary N) is 1. The van der Waals surface area contributed by atoms with Crippen LogP contribution in [0.1, 0.15) is 16.1 Å². The van der Waals surface area contributed by atoms with Crippen molar-refractivity contribution in [3.8, 4) is 0 Å². The number of aromatic amines is 1. The number of H-pyrrole nitrogens is 1. The molecule has 0 saturated heterocycles. The third kappa shape index (κ3) is 1.76. The standard InChI is InChI=1S/C10H6F2N2O/c11-6-1-2-8(12)7(5-6)10(15)9-3-4-13-14-9/h1-5H,(H,13,14). The lowest BCUT2D eigenvalue weighted by atomic mass is 10.1. The van der Waals surface area contributed by atoms with E-state index in [-0.39, 0.29) is 11.3 Å². The van der Waals surface area contributed by atoms with Gasteiger partial charge in [-0.2, -0.15) is 5.10 Å². The van der Waals surface area contributed by atoms with Crippen LogP contribution < -0.4 is 0 Å². The lowest BCUT2D eigenvalue weighted by molar-refractivity contribution is 0.103. The maximum Gasteiger partial charge on any atom is 0.213 e. The Morgan fingerprint density at radius 1 is 1.27 bits per heavy atom. The molecule has 0 aliphatic carbocycles. The van der Waals surface area contributed by atoms with Gasteiger partial charge in [0.05, 0.1) is 5.56 Å². The molecule has 5 heteroatoms. The van der Waals surface area contributed by atoms with E-state index < -0.39 is 17.4 Å². The minimum atomic E-state index is -0.754. The lowest BCUT2D eigenvalue weighted by Gasteiger charge is -1.99. The van der Waals surface area contributed by atoms with Crippen LogP contribution in [0.4, 0.5) is 8.78 Å². The third-order valence-corrected chi connectivity index (χ3v) is 1.92. The molecule has 1 heterocycles. The summed E-state index contributed by atoms with van der Waals surface area (Å²) in [7, 11) is 0. The fraction of sp³-hybridized carbons (Fsp3) is 0. The Hall–Kier alpha value is -2.04. The predicted octanol–water partition coefficient (Wildman–Crippen LogP) is 1.92. The van der Waals surface area contributed by atoms with Crippen molar-refractivity contribution in [2.24, 2.45) is 0 Å². The van der Waals surface area contributed by atoms with Gasteiger partial charge in [0.25, 0.3) is 0 Å². The van der Waals surface area contributed by atoms with Crippen molar-refractivity contribution in [1.29, 1.82) is 0 Å². The Bertz CT molecular complexity index is 494. The van der Waals surface area contributed by atoms with Gasteiger partial charge in [0.2, 0.25) is 5.78 Å². The molecule has 2 aromatic rings. The first-order valence-electron chi connectivity index (χ1n) is 4.17. The zero-order valence-corrected chi connectivity index (χ0v) is 7.50. The van der Waals surface area contributed by atoms with Crippen LogP contribution in [-0.2, 0) is 0 Å². The number of benzene rings is 1. The normalized spacial score (nSPS) is 10.3. The van der Waals surface area contributed by atoms with Crippen LogP contribution in [0, 0.1) is 11.6 Å². The summed E-state index contributed by atoms with van der Waals surface area (Å²) in [5.74, 6) is -2.03. The number of hydrogen-bond acceptors (Lipinski definition) is 2. The van der Waals surface area contributed by atoms with Crippen molar-refractivity contribution in [3.63, 3.8) is 0 Å². The number of carbonyl (C=O) groups is 1. The highest BCUT2D eigenvalue weighted by atomic mass is 19.1. The second-order valence-corrected chi connectivity index (χ2v) is 2.92. The van der Waals surface area contributed by atoms with Gasteiger partial charge >= 0.3 is 0 Å². The Balaban J connectivity index is 2.46. The summed E-state index contributed by atoms with van der Waals surface area (Å²) >= 11 is 0. The first-order valence-corrected chi connectivity index (χ1v) is 4.17. The molecule has 0 radical (unpaired) electrons. The second kappa shape index (κ2) is 3.61. The fourth-order valence-corrected chi connectivity index (χ4v) is 1.20. The fourth-order valence-electron chi connectivity index (χ4n) is 1.20. The van der Waals surface area contributed by atoms with Gasteiger partial charge in [0, 0.05) is 6.20 Å². The summed E-state index contributed by atoms with van der Waals surface area (Å²) < 4.78 is 26.0. The van der Waals surface area contributed by atoms with Crippen LogP contribution in [0.5, 0.6) is 0 Å². The Labute approximate surface area is 83.7 Å². The Kier molecular flexibility index (Phi) is 2.29. The molecule has 0 unspecified atom stereocenters. The van der Waals surface area contributed by atoms with E-state index in [2.05, 4.69) is 10.2 Å². The van der Waals surface area contributed by atoms with E-state index in [9.17, 15) is 13.6 Å². The Morgan fingerprint density at radius 2 is 2.07 bits per heavy atom. The summed E-state index contributed by atoms with van der Waals surface area (Å²) in [6, 6.07) is 4.13. The minimum Gasteiger partial charge on any atom is -0.287 e. The largest absolute Gasteiger partial charge is 0.287 e. The van der Waals surface area contributed by atoms with Crippen LogP contribution >= 0.6 is 0 Å². The van der Waals surface area contributed by atoms with Gasteiger partial charge < -0.3 is 0 Å². The van der Waals surface area contributed by atoms with E-state index in [1.165, 1.54) is 12.3 Å². The van der Waals surface area contributed by atoms with Crippen LogP contribution in [0.3, 0.4) is 0 Å². The average Bonchev–Trinajstić information content (AvgIpc) is 2.74. The molecular weight excluding hydrogens is 202 g/mol. The van der Waals surface area contributed by atoms with Crippen molar-refractivity contribution >= 4 is 5.78 Å². The summed E-state index contributed by atoms with van der Waals surface area (Å²) in [4.78, 5) is 11.6. The maximum absolute atomic E-state index is 13.2. The molecule has 3 nitrogen and oxygen atoms in total. The number of nitrogens with zero attached hydrogens (tertiary/aromatic N) is 1. The first-order chi connectivity index (χ1) is 7.18. The van der Waals surface area contributed by atoms with Crippen molar-refractivity contribution in [3.05, 3.63) is 53.4 Å². The van der Waals surface area contributed by atoms with Crippen molar-refractivity contribution in [2.45, 2.75) is 0 Å². The molecule has 1 aromatic carbocycles. The SMILES string of the molecule is O=C(c1ccn[nH]1)c1cc(F)ccc1F. The summed E-state index contributed by atoms with van der Waals surface area (Å²) in [6.45, 7) is 0. The smallest absolute Gasteiger partial charge is 0.213 e. The molecule has 1 aromatic heterocycles. The Morgan fingerprint density at radius 3 is 2.73 bits per heavy atom. The molecule has 76 valence electrons. The van der Waals surface area contributed by atoms with Gasteiger partial charge in [0.15, 0.2) is 0 Å². The first kappa shape index (κ1) is 9.51. The second-order valence-electron chi connectivity index (χ2n) is 2.92. The highest BCUT2D eigenvalue weighted by Gasteiger charge is 2.15. The van der Waals surface area contributed by atoms with E-state index in [4.69, 9.17) is 0 Å². The molecular formula is C10H6F2N2O. The lowest BCUT2D eigenvalue weighted by Crippen LogP contribution is -2.05. The molecule has 0 aliphatic heterocycles. The molecule has 1 N–H and O–H groups in total. The van der Waals surface area contributed by atoms with Crippen molar-refractivity contribution < 1.29 is 13.6 Å². The van der Waals surface area contributed by atoms with Crippen LogP contribution in [0.2, 0.25) is 0 Å². The number of rotatable bonds is 2. The zero-order valence-electron chi connectivity index (χ0n) is 7.50. The minimum absolute atomic E-state index is 0.125. The highest BCUT2D eigenvalue weighted by molar-refractivity contribution is 6.07. The number of aromatic nitrogens is 2. The summed E-state index contributed by atoms with van der Waals surface area (Å²) in [5, 5.41) is 5.95. The zero-order chi connectivity index (χ0) is 10.8. The van der Waals surface area contributed by atoms with Gasteiger partial charge in [-0.15, -0.1) is 0 Å². The number of halogens is 2. The quantitative estimate of drug-likeness (QED) is 0.766. The third-order valence-electron chi connectivity index (χ3n) is 1.92. The number of ketones is 1. The van der Waals surface area contributed by atoms with Crippen molar-refractivity contribution in [2.75, 3.05) is 0 Å². The topological polar surface area (TPSA) is 45.8 Å². The monoisotopic (exact) mass is 208 g/mol. The molecule has 0 bridgehead atoms. The molecule has 0 spiro atoms. The molecule has 0 atom stereocenters. The van der Waals surface area contributed by atoms with Gasteiger partial charge in [-0.05, 0) is 24.3 Å².